The van der Waals surface area contributed by atoms with Gasteiger partial charge >= 0.3 is 0 Å². The summed E-state index contributed by atoms with van der Waals surface area (Å²) in [6, 6.07) is 0. The van der Waals surface area contributed by atoms with Gasteiger partial charge in [-0.05, 0) is 13.8 Å². The van der Waals surface area contributed by atoms with E-state index in [1.165, 1.54) is 23.1 Å². The zero-order chi connectivity index (χ0) is 14.1. The smallest absolute Gasteiger partial charge is 0.239 e. The lowest BCUT2D eigenvalue weighted by Crippen LogP contribution is -2.37. The van der Waals surface area contributed by atoms with Crippen LogP contribution in [0.3, 0.4) is 0 Å². The number of nitrogens with zero attached hydrogens (tertiary/aromatic N) is 2. The van der Waals surface area contributed by atoms with Crippen LogP contribution in [0.1, 0.15) is 13.8 Å². The molecule has 106 valence electrons. The Morgan fingerprint density at radius 3 is 2.63 bits per heavy atom. The van der Waals surface area contributed by atoms with E-state index in [2.05, 4.69) is 26.1 Å². The molecular formula is C10H17N5O2S2. The first-order valence-corrected chi connectivity index (χ1v) is 7.69. The molecule has 1 aromatic rings. The van der Waals surface area contributed by atoms with Gasteiger partial charge in [-0.3, -0.25) is 9.59 Å². The summed E-state index contributed by atoms with van der Waals surface area (Å²) in [4.78, 5) is 22.6. The van der Waals surface area contributed by atoms with Gasteiger partial charge in [-0.1, -0.05) is 23.1 Å². The highest BCUT2D eigenvalue weighted by Gasteiger charge is 2.08. The minimum Gasteiger partial charge on any atom is -0.360 e. The number of hydrogen-bond acceptors (Lipinski definition) is 7. The van der Waals surface area contributed by atoms with Gasteiger partial charge in [0.2, 0.25) is 16.9 Å². The summed E-state index contributed by atoms with van der Waals surface area (Å²) in [6.45, 7) is 5.15. The van der Waals surface area contributed by atoms with Gasteiger partial charge in [0, 0.05) is 13.1 Å². The minimum atomic E-state index is -0.198. The molecule has 0 saturated heterocycles. The first-order valence-electron chi connectivity index (χ1n) is 5.89. The maximum atomic E-state index is 11.5. The third-order valence-corrected chi connectivity index (χ3v) is 3.90. The highest BCUT2D eigenvalue weighted by atomic mass is 32.2. The molecule has 3 N–H and O–H groups in total. The molecule has 1 heterocycles. The van der Waals surface area contributed by atoms with Crippen LogP contribution in [0.5, 0.6) is 0 Å². The molecule has 0 aliphatic heterocycles. The molecule has 2 amide bonds. The monoisotopic (exact) mass is 303 g/mol. The number of nitrogens with one attached hydrogen (secondary N) is 3. The molecule has 0 bridgehead atoms. The second-order valence-corrected chi connectivity index (χ2v) is 5.62. The zero-order valence-corrected chi connectivity index (χ0v) is 12.5. The van der Waals surface area contributed by atoms with Crippen LogP contribution in [0.25, 0.3) is 0 Å². The van der Waals surface area contributed by atoms with E-state index in [1.807, 2.05) is 13.8 Å². The molecule has 19 heavy (non-hydrogen) atoms. The van der Waals surface area contributed by atoms with E-state index < -0.39 is 0 Å². The van der Waals surface area contributed by atoms with Gasteiger partial charge in [-0.25, -0.2) is 0 Å². The Balaban J connectivity index is 2.23. The predicted octanol–water partition coefficient (Wildman–Crippen LogP) is 0.314. The molecular weight excluding hydrogens is 286 g/mol. The van der Waals surface area contributed by atoms with Crippen LogP contribution < -0.4 is 16.0 Å². The van der Waals surface area contributed by atoms with Crippen molar-refractivity contribution < 1.29 is 9.59 Å². The maximum Gasteiger partial charge on any atom is 0.239 e. The van der Waals surface area contributed by atoms with Gasteiger partial charge in [0.1, 0.15) is 0 Å². The molecule has 0 fully saturated rings. The largest absolute Gasteiger partial charge is 0.360 e. The van der Waals surface area contributed by atoms with E-state index in [0.29, 0.717) is 6.54 Å². The summed E-state index contributed by atoms with van der Waals surface area (Å²) < 4.78 is 0.726. The lowest BCUT2D eigenvalue weighted by Gasteiger charge is -2.03. The first-order chi connectivity index (χ1) is 9.15. The van der Waals surface area contributed by atoms with Crippen molar-refractivity contribution in [3.05, 3.63) is 0 Å². The molecule has 0 atom stereocenters. The van der Waals surface area contributed by atoms with Crippen LogP contribution in [-0.4, -0.2) is 47.4 Å². The summed E-state index contributed by atoms with van der Waals surface area (Å²) in [5.74, 6) is -0.164. The van der Waals surface area contributed by atoms with E-state index in [9.17, 15) is 9.59 Å². The Morgan fingerprint density at radius 2 is 1.95 bits per heavy atom. The fourth-order valence-electron chi connectivity index (χ4n) is 1.11. The average Bonchev–Trinajstić information content (AvgIpc) is 2.82. The van der Waals surface area contributed by atoms with Crippen molar-refractivity contribution in [1.29, 1.82) is 0 Å². The summed E-state index contributed by atoms with van der Waals surface area (Å²) in [5, 5.41) is 16.8. The van der Waals surface area contributed by atoms with Gasteiger partial charge < -0.3 is 16.0 Å². The molecule has 1 rings (SSSR count). The topological polar surface area (TPSA) is 96.0 Å². The Bertz CT molecular complexity index is 424. The van der Waals surface area contributed by atoms with Crippen molar-refractivity contribution in [2.45, 2.75) is 18.2 Å². The highest BCUT2D eigenvalue weighted by molar-refractivity contribution is 8.01. The van der Waals surface area contributed by atoms with Gasteiger partial charge in [0.25, 0.3) is 0 Å². The molecule has 0 unspecified atom stereocenters. The Hall–Kier alpha value is -1.35. The summed E-state index contributed by atoms with van der Waals surface area (Å²) >= 11 is 2.70. The van der Waals surface area contributed by atoms with Gasteiger partial charge in [0.15, 0.2) is 4.34 Å². The molecule has 9 heteroatoms. The van der Waals surface area contributed by atoms with Gasteiger partial charge in [-0.15, -0.1) is 10.2 Å². The van der Waals surface area contributed by atoms with E-state index in [0.717, 1.165) is 16.0 Å². The normalized spacial score (nSPS) is 10.0. The maximum absolute atomic E-state index is 11.5. The van der Waals surface area contributed by atoms with Crippen LogP contribution >= 0.6 is 23.1 Å². The van der Waals surface area contributed by atoms with Gasteiger partial charge in [-0.2, -0.15) is 0 Å². The third-order valence-electron chi connectivity index (χ3n) is 1.88. The van der Waals surface area contributed by atoms with Crippen molar-refractivity contribution in [1.82, 2.24) is 20.8 Å². The molecule has 0 radical (unpaired) electrons. The lowest BCUT2D eigenvalue weighted by molar-refractivity contribution is -0.124. The number of hydrogen-bond donors (Lipinski definition) is 3. The zero-order valence-electron chi connectivity index (χ0n) is 10.9. The SMILES string of the molecule is CCNC(=O)CNC(=O)CSc1nnc(NCC)s1. The van der Waals surface area contributed by atoms with Crippen molar-refractivity contribution in [2.24, 2.45) is 0 Å². The number of anilines is 1. The third kappa shape index (κ3) is 6.39. The fraction of sp³-hybridized carbons (Fsp3) is 0.600. The minimum absolute atomic E-state index is 0.00595. The first kappa shape index (κ1) is 15.7. The van der Waals surface area contributed by atoms with Crippen molar-refractivity contribution >= 4 is 40.0 Å². The number of thioether (sulfide) groups is 1. The molecule has 0 spiro atoms. The van der Waals surface area contributed by atoms with E-state index in [4.69, 9.17) is 0 Å². The van der Waals surface area contributed by atoms with E-state index >= 15 is 0 Å². The molecule has 0 aromatic carbocycles. The van der Waals surface area contributed by atoms with Crippen LogP contribution in [0, 0.1) is 0 Å². The van der Waals surface area contributed by atoms with E-state index in [-0.39, 0.29) is 24.1 Å². The van der Waals surface area contributed by atoms with Gasteiger partial charge in [0.05, 0.1) is 12.3 Å². The van der Waals surface area contributed by atoms with Crippen LogP contribution in [0.15, 0.2) is 4.34 Å². The Kier molecular flexibility index (Phi) is 7.19. The predicted molar refractivity (Wildman–Crippen MR) is 76.5 cm³/mol. The van der Waals surface area contributed by atoms with Crippen LogP contribution in [0.2, 0.25) is 0 Å². The molecule has 1 aromatic heterocycles. The average molecular weight is 303 g/mol. The van der Waals surface area contributed by atoms with Crippen LogP contribution in [-0.2, 0) is 9.59 Å². The van der Waals surface area contributed by atoms with Crippen molar-refractivity contribution in [3.8, 4) is 0 Å². The summed E-state index contributed by atoms with van der Waals surface area (Å²) in [7, 11) is 0. The van der Waals surface area contributed by atoms with Crippen molar-refractivity contribution in [2.75, 3.05) is 30.7 Å². The van der Waals surface area contributed by atoms with Crippen LogP contribution in [0.4, 0.5) is 5.13 Å². The summed E-state index contributed by atoms with van der Waals surface area (Å²) in [5.41, 5.74) is 0. The molecule has 0 aliphatic carbocycles. The molecule has 0 saturated carbocycles. The number of carbonyl (C=O) groups excluding carboxylic acids is 2. The number of rotatable bonds is 8. The van der Waals surface area contributed by atoms with E-state index in [1.54, 1.807) is 0 Å². The number of likely N-dealkylation sites (N-methyl/N-ethyl adjacent to an activating group) is 1. The quantitative estimate of drug-likeness (QED) is 0.598. The fourth-order valence-corrected chi connectivity index (χ4v) is 2.76. The second-order valence-electron chi connectivity index (χ2n) is 3.42. The number of aromatic nitrogens is 2. The Morgan fingerprint density at radius 1 is 1.16 bits per heavy atom. The van der Waals surface area contributed by atoms with Crippen molar-refractivity contribution in [3.63, 3.8) is 0 Å². The standard InChI is InChI=1S/C10H17N5O2S2/c1-3-11-7(16)5-13-8(17)6-18-10-15-14-9(19-10)12-4-2/h3-6H2,1-2H3,(H,11,16)(H,12,14)(H,13,17). The summed E-state index contributed by atoms with van der Waals surface area (Å²) in [6.07, 6.45) is 0. The second kappa shape index (κ2) is 8.70. The lowest BCUT2D eigenvalue weighted by atomic mass is 10.5. The number of carbonyl (C=O) groups is 2. The highest BCUT2D eigenvalue weighted by Crippen LogP contribution is 2.24. The Labute approximate surface area is 119 Å². The number of amides is 2. The molecule has 0 aliphatic rings. The molecule has 7 nitrogen and oxygen atoms in total.